The maximum atomic E-state index is 11.0. The maximum Gasteiger partial charge on any atom is 0.466 e. The van der Waals surface area contributed by atoms with E-state index < -0.39 is 8.60 Å². The molecule has 0 saturated heterocycles. The molecule has 0 aliphatic heterocycles. The number of phenolic OH excluding ortho intramolecular Hbond substituents is 1. The van der Waals surface area contributed by atoms with Crippen molar-refractivity contribution in [1.82, 2.24) is 0 Å². The zero-order chi connectivity index (χ0) is 25.9. The summed E-state index contributed by atoms with van der Waals surface area (Å²) in [4.78, 5) is 0. The SMILES string of the molecule is CCCCCc1cc(O)c(-c2cccc(C)c2)c(OCOP(Oc2ccccc2)Oc2ccccc2)c1. The van der Waals surface area contributed by atoms with Crippen molar-refractivity contribution in [1.29, 1.82) is 0 Å². The van der Waals surface area contributed by atoms with Crippen LogP contribution in [0.4, 0.5) is 0 Å². The van der Waals surface area contributed by atoms with E-state index in [0.29, 0.717) is 22.8 Å². The number of benzene rings is 4. The molecule has 0 amide bonds. The first-order valence-corrected chi connectivity index (χ1v) is 13.7. The van der Waals surface area contributed by atoms with Crippen molar-refractivity contribution in [2.45, 2.75) is 39.5 Å². The molecule has 4 aromatic carbocycles. The van der Waals surface area contributed by atoms with Crippen LogP contribution in [0, 0.1) is 6.92 Å². The van der Waals surface area contributed by atoms with Gasteiger partial charge in [-0.2, -0.15) is 0 Å². The molecule has 0 radical (unpaired) electrons. The minimum absolute atomic E-state index is 0.109. The predicted molar refractivity (Wildman–Crippen MR) is 149 cm³/mol. The Kier molecular flexibility index (Phi) is 9.81. The van der Waals surface area contributed by atoms with Crippen LogP contribution in [-0.4, -0.2) is 11.9 Å². The lowest BCUT2D eigenvalue weighted by Gasteiger charge is -2.19. The number of aryl methyl sites for hydroxylation is 2. The Balaban J connectivity index is 1.54. The molecule has 6 heteroatoms. The first kappa shape index (κ1) is 26.5. The molecule has 0 aliphatic rings. The summed E-state index contributed by atoms with van der Waals surface area (Å²) in [6.45, 7) is 4.10. The first-order valence-electron chi connectivity index (χ1n) is 12.6. The smallest absolute Gasteiger partial charge is 0.466 e. The van der Waals surface area contributed by atoms with Gasteiger partial charge in [0.05, 0.1) is 5.56 Å². The summed E-state index contributed by atoms with van der Waals surface area (Å²) in [6, 6.07) is 30.6. The third-order valence-corrected chi connectivity index (χ3v) is 6.77. The zero-order valence-electron chi connectivity index (χ0n) is 21.3. The second-order valence-corrected chi connectivity index (χ2v) is 9.81. The van der Waals surface area contributed by atoms with Crippen LogP contribution in [0.5, 0.6) is 23.0 Å². The molecule has 0 spiro atoms. The number of rotatable bonds is 13. The van der Waals surface area contributed by atoms with Gasteiger partial charge in [0.2, 0.25) is 0 Å². The summed E-state index contributed by atoms with van der Waals surface area (Å²) in [5, 5.41) is 11.0. The Morgan fingerprint density at radius 1 is 0.757 bits per heavy atom. The summed E-state index contributed by atoms with van der Waals surface area (Å²) in [5.74, 6) is 2.03. The second kappa shape index (κ2) is 13.7. The molecule has 0 fully saturated rings. The largest absolute Gasteiger partial charge is 0.507 e. The van der Waals surface area contributed by atoms with Crippen molar-refractivity contribution < 1.29 is 23.4 Å². The van der Waals surface area contributed by atoms with E-state index in [0.717, 1.165) is 42.4 Å². The van der Waals surface area contributed by atoms with Crippen LogP contribution in [-0.2, 0) is 10.9 Å². The molecule has 37 heavy (non-hydrogen) atoms. The standard InChI is InChI=1S/C31H33O5P/c1-3-4-7-14-25-21-29(32)31(26-15-12-13-24(2)20-26)30(22-25)33-23-34-37(35-27-16-8-5-9-17-27)36-28-18-10-6-11-19-28/h5-6,8-13,15-22,32H,3-4,7,14,23H2,1-2H3. The van der Waals surface area contributed by atoms with Gasteiger partial charge >= 0.3 is 8.60 Å². The van der Waals surface area contributed by atoms with Gasteiger partial charge < -0.3 is 18.9 Å². The fraction of sp³-hybridized carbons (Fsp3) is 0.226. The van der Waals surface area contributed by atoms with Crippen molar-refractivity contribution in [2.24, 2.45) is 0 Å². The van der Waals surface area contributed by atoms with E-state index in [2.05, 4.69) is 6.92 Å². The fourth-order valence-electron chi connectivity index (χ4n) is 3.92. The molecule has 0 saturated carbocycles. The molecule has 4 aromatic rings. The summed E-state index contributed by atoms with van der Waals surface area (Å²) in [5.41, 5.74) is 3.66. The van der Waals surface area contributed by atoms with Crippen molar-refractivity contribution in [2.75, 3.05) is 6.79 Å². The molecule has 5 nitrogen and oxygen atoms in total. The highest BCUT2D eigenvalue weighted by atomic mass is 31.2. The van der Waals surface area contributed by atoms with Gasteiger partial charge in [0.25, 0.3) is 0 Å². The lowest BCUT2D eigenvalue weighted by atomic mass is 9.98. The molecule has 0 heterocycles. The third kappa shape index (κ3) is 7.98. The highest BCUT2D eigenvalue weighted by Crippen LogP contribution is 2.43. The molecule has 1 N–H and O–H groups in total. The van der Waals surface area contributed by atoms with Crippen LogP contribution in [0.2, 0.25) is 0 Å². The molecule has 0 unspecified atom stereocenters. The van der Waals surface area contributed by atoms with E-state index in [4.69, 9.17) is 18.3 Å². The van der Waals surface area contributed by atoms with Gasteiger partial charge in [-0.05, 0) is 67.3 Å². The number of para-hydroxylation sites is 2. The lowest BCUT2D eigenvalue weighted by molar-refractivity contribution is 0.109. The topological polar surface area (TPSA) is 57.2 Å². The second-order valence-electron chi connectivity index (χ2n) is 8.74. The summed E-state index contributed by atoms with van der Waals surface area (Å²) in [7, 11) is -1.79. The van der Waals surface area contributed by atoms with Gasteiger partial charge in [-0.1, -0.05) is 86.0 Å². The Hall–Kier alpha value is -3.53. The van der Waals surface area contributed by atoms with Crippen molar-refractivity contribution in [3.05, 3.63) is 108 Å². The van der Waals surface area contributed by atoms with Crippen LogP contribution in [0.1, 0.15) is 37.3 Å². The van der Waals surface area contributed by atoms with E-state index >= 15 is 0 Å². The highest BCUT2D eigenvalue weighted by molar-refractivity contribution is 7.42. The van der Waals surface area contributed by atoms with Crippen molar-refractivity contribution in [3.8, 4) is 34.1 Å². The average Bonchev–Trinajstić information content (AvgIpc) is 2.90. The molecular weight excluding hydrogens is 483 g/mol. The Bertz CT molecular complexity index is 1210. The third-order valence-electron chi connectivity index (χ3n) is 5.74. The van der Waals surface area contributed by atoms with E-state index in [1.807, 2.05) is 104 Å². The van der Waals surface area contributed by atoms with Crippen LogP contribution >= 0.6 is 8.60 Å². The van der Waals surface area contributed by atoms with Gasteiger partial charge in [-0.15, -0.1) is 0 Å². The number of ether oxygens (including phenoxy) is 1. The monoisotopic (exact) mass is 516 g/mol. The number of unbranched alkanes of at least 4 members (excludes halogenated alkanes) is 2. The molecule has 0 aromatic heterocycles. The highest BCUT2D eigenvalue weighted by Gasteiger charge is 2.20. The molecule has 0 aliphatic carbocycles. The maximum absolute atomic E-state index is 11.0. The van der Waals surface area contributed by atoms with Crippen LogP contribution in [0.3, 0.4) is 0 Å². The molecule has 192 valence electrons. The minimum atomic E-state index is -1.79. The average molecular weight is 517 g/mol. The van der Waals surface area contributed by atoms with Gasteiger partial charge in [-0.25, -0.2) is 0 Å². The number of phenols is 1. The summed E-state index contributed by atoms with van der Waals surface area (Å²) < 4.78 is 24.1. The molecule has 4 rings (SSSR count). The normalized spacial score (nSPS) is 10.9. The van der Waals surface area contributed by atoms with Crippen LogP contribution in [0.25, 0.3) is 11.1 Å². The Morgan fingerprint density at radius 3 is 2.05 bits per heavy atom. The van der Waals surface area contributed by atoms with Crippen LogP contribution in [0.15, 0.2) is 97.1 Å². The summed E-state index contributed by atoms with van der Waals surface area (Å²) in [6.07, 6.45) is 4.19. The quantitative estimate of drug-likeness (QED) is 0.109. The van der Waals surface area contributed by atoms with Crippen molar-refractivity contribution >= 4 is 8.60 Å². The molecule has 0 atom stereocenters. The number of aromatic hydroxyl groups is 1. The first-order chi connectivity index (χ1) is 18.1. The van der Waals surface area contributed by atoms with Crippen LogP contribution < -0.4 is 13.8 Å². The van der Waals surface area contributed by atoms with E-state index in [1.165, 1.54) is 0 Å². The Morgan fingerprint density at radius 2 is 1.43 bits per heavy atom. The number of hydrogen-bond acceptors (Lipinski definition) is 5. The van der Waals surface area contributed by atoms with Gasteiger partial charge in [0.15, 0.2) is 6.79 Å². The minimum Gasteiger partial charge on any atom is -0.507 e. The van der Waals surface area contributed by atoms with Gasteiger partial charge in [0, 0.05) is 0 Å². The van der Waals surface area contributed by atoms with E-state index in [1.54, 1.807) is 0 Å². The Labute approximate surface area is 220 Å². The molecular formula is C31H33O5P. The summed E-state index contributed by atoms with van der Waals surface area (Å²) >= 11 is 0. The van der Waals surface area contributed by atoms with Crippen molar-refractivity contribution in [3.63, 3.8) is 0 Å². The lowest BCUT2D eigenvalue weighted by Crippen LogP contribution is -2.07. The van der Waals surface area contributed by atoms with E-state index in [-0.39, 0.29) is 12.5 Å². The zero-order valence-corrected chi connectivity index (χ0v) is 22.2. The fourth-order valence-corrected chi connectivity index (χ4v) is 4.79. The molecule has 0 bridgehead atoms. The predicted octanol–water partition coefficient (Wildman–Crippen LogP) is 8.84. The number of hydrogen-bond donors (Lipinski definition) is 1. The van der Waals surface area contributed by atoms with Gasteiger partial charge in [0.1, 0.15) is 23.0 Å². The van der Waals surface area contributed by atoms with E-state index in [9.17, 15) is 5.11 Å². The van der Waals surface area contributed by atoms with Gasteiger partial charge in [-0.3, -0.25) is 4.52 Å².